The van der Waals surface area contributed by atoms with Crippen molar-refractivity contribution in [2.45, 2.75) is 271 Å². The van der Waals surface area contributed by atoms with E-state index in [0.29, 0.717) is 43.0 Å². The van der Waals surface area contributed by atoms with Crippen molar-refractivity contribution in [2.24, 2.45) is 28.6 Å². The molecule has 16 nitrogen and oxygen atoms in total. The fourth-order valence-corrected chi connectivity index (χ4v) is 6.38. The Morgan fingerprint density at radius 1 is 0.467 bits per heavy atom. The van der Waals surface area contributed by atoms with Gasteiger partial charge in [-0.3, -0.25) is 0 Å². The Bertz CT molecular complexity index is 1060. The predicted molar refractivity (Wildman–Crippen MR) is 307 cm³/mol. The van der Waals surface area contributed by atoms with Gasteiger partial charge < -0.3 is 78.0 Å². The highest BCUT2D eigenvalue weighted by molar-refractivity contribution is 5.11. The van der Waals surface area contributed by atoms with E-state index in [1.807, 2.05) is 90.0 Å². The fraction of sp³-hybridized carbons (Fsp3) is 1.00. The zero-order valence-corrected chi connectivity index (χ0v) is 53.0. The van der Waals surface area contributed by atoms with Gasteiger partial charge >= 0.3 is 0 Å². The van der Waals surface area contributed by atoms with Crippen LogP contribution in [0.2, 0.25) is 0 Å². The minimum absolute atomic E-state index is 0.103. The third-order valence-corrected chi connectivity index (χ3v) is 11.0. The zero-order chi connectivity index (χ0) is 59.3. The van der Waals surface area contributed by atoms with Gasteiger partial charge in [-0.2, -0.15) is 0 Å². The molecule has 1 aliphatic heterocycles. The van der Waals surface area contributed by atoms with Gasteiger partial charge in [-0.15, -0.1) is 0 Å². The van der Waals surface area contributed by atoms with Crippen LogP contribution in [0.15, 0.2) is 0 Å². The molecule has 2 atom stereocenters. The van der Waals surface area contributed by atoms with E-state index in [2.05, 4.69) is 69.2 Å². The lowest BCUT2D eigenvalue weighted by atomic mass is 9.51. The highest BCUT2D eigenvalue weighted by Crippen LogP contribution is 2.55. The van der Waals surface area contributed by atoms with Crippen molar-refractivity contribution in [3.63, 3.8) is 0 Å². The van der Waals surface area contributed by atoms with Crippen molar-refractivity contribution < 1.29 is 78.0 Å². The highest BCUT2D eigenvalue weighted by Gasteiger charge is 2.62. The molecule has 0 aromatic heterocycles. The van der Waals surface area contributed by atoms with Gasteiger partial charge in [0, 0.05) is 43.7 Å². The Labute approximate surface area is 462 Å². The Kier molecular flexibility index (Phi) is 57.1. The van der Waals surface area contributed by atoms with Crippen molar-refractivity contribution in [2.75, 3.05) is 86.4 Å². The number of hydrogen-bond acceptors (Lipinski definition) is 16. The number of ether oxygens (including phenoxy) is 10. The smallest absolute Gasteiger partial charge is 0.100 e. The molecule has 4 aliphatic rings. The third-order valence-electron chi connectivity index (χ3n) is 11.0. The lowest BCUT2D eigenvalue weighted by Gasteiger charge is -2.61. The van der Waals surface area contributed by atoms with Gasteiger partial charge in [0.15, 0.2) is 0 Å². The maximum absolute atomic E-state index is 9.91. The van der Waals surface area contributed by atoms with Crippen molar-refractivity contribution in [3.8, 4) is 0 Å². The SMILES string of the molecule is CC(C)OC1C(C)(C)C(O)C1(C)C.CC(C)OCC1CC1.CC(C)OCC1CCC1.CC(C)OCC1COC1.CC(C)OCCO.CC(C)OC[C@@H](O)CO.CC(C)OC[C@H](O)CO.CCOC(C)C.COC(C)C. The molecule has 460 valence electrons. The van der Waals surface area contributed by atoms with Gasteiger partial charge in [0.1, 0.15) is 12.2 Å². The maximum Gasteiger partial charge on any atom is 0.100 e. The molecule has 0 aromatic rings. The van der Waals surface area contributed by atoms with Gasteiger partial charge in [-0.25, -0.2) is 0 Å². The van der Waals surface area contributed by atoms with Crippen LogP contribution in [0.3, 0.4) is 0 Å². The number of rotatable bonds is 25. The number of methoxy groups -OCH3 is 1. The summed E-state index contributed by atoms with van der Waals surface area (Å²) >= 11 is 0. The molecule has 3 saturated carbocycles. The van der Waals surface area contributed by atoms with Gasteiger partial charge in [-0.1, -0.05) is 34.1 Å². The first kappa shape index (κ1) is 83.2. The summed E-state index contributed by atoms with van der Waals surface area (Å²) in [5, 5.41) is 52.2. The monoisotopic (exact) mass is 1090 g/mol. The van der Waals surface area contributed by atoms with Crippen LogP contribution in [0, 0.1) is 28.6 Å². The summed E-state index contributed by atoms with van der Waals surface area (Å²) in [6, 6.07) is 0. The summed E-state index contributed by atoms with van der Waals surface area (Å²) < 4.78 is 51.7. The molecule has 4 fully saturated rings. The van der Waals surface area contributed by atoms with Gasteiger partial charge in [-0.05, 0) is 169 Å². The highest BCUT2D eigenvalue weighted by atomic mass is 16.5. The minimum atomic E-state index is -0.729. The molecule has 4 rings (SSSR count). The van der Waals surface area contributed by atoms with E-state index in [9.17, 15) is 5.11 Å². The van der Waals surface area contributed by atoms with Crippen LogP contribution in [0.1, 0.15) is 191 Å². The topological polar surface area (TPSA) is 214 Å². The minimum Gasteiger partial charge on any atom is -0.394 e. The molecule has 0 spiro atoms. The lowest BCUT2D eigenvalue weighted by Crippen LogP contribution is -2.68. The fourth-order valence-electron chi connectivity index (χ4n) is 6.38. The van der Waals surface area contributed by atoms with Gasteiger partial charge in [0.05, 0.1) is 127 Å². The van der Waals surface area contributed by atoms with Gasteiger partial charge in [0.25, 0.3) is 0 Å². The summed E-state index contributed by atoms with van der Waals surface area (Å²) in [5.74, 6) is 2.48. The number of aliphatic hydroxyl groups excluding tert-OH is 6. The summed E-state index contributed by atoms with van der Waals surface area (Å²) in [6.07, 6.45) is 8.15. The van der Waals surface area contributed by atoms with E-state index in [1.54, 1.807) is 7.11 Å². The molecule has 1 heterocycles. The molecule has 1 saturated heterocycles. The van der Waals surface area contributed by atoms with Crippen LogP contribution in [0.25, 0.3) is 0 Å². The van der Waals surface area contributed by atoms with E-state index < -0.39 is 12.2 Å². The van der Waals surface area contributed by atoms with Crippen LogP contribution in [-0.2, 0) is 47.4 Å². The maximum atomic E-state index is 9.91. The summed E-state index contributed by atoms with van der Waals surface area (Å²) in [6.45, 7) is 52.3. The molecule has 0 unspecified atom stereocenters. The average molecular weight is 1090 g/mol. The first-order chi connectivity index (χ1) is 34.7. The zero-order valence-electron chi connectivity index (χ0n) is 53.0. The normalized spacial score (nSPS) is 19.1. The summed E-state index contributed by atoms with van der Waals surface area (Å²) in [5.41, 5.74) is -0.207. The van der Waals surface area contributed by atoms with E-state index in [1.165, 1.54) is 32.1 Å². The Balaban J connectivity index is -0.000000248. The van der Waals surface area contributed by atoms with Crippen molar-refractivity contribution in [1.29, 1.82) is 0 Å². The van der Waals surface area contributed by atoms with Crippen LogP contribution in [-0.4, -0.2) is 196 Å². The summed E-state index contributed by atoms with van der Waals surface area (Å²) in [7, 11) is 1.70. The molecule has 6 N–H and O–H groups in total. The molecular weight excluding hydrogens is 965 g/mol. The van der Waals surface area contributed by atoms with E-state index >= 15 is 0 Å². The molecule has 3 aliphatic carbocycles. The first-order valence-corrected chi connectivity index (χ1v) is 28.6. The van der Waals surface area contributed by atoms with Crippen LogP contribution in [0.4, 0.5) is 0 Å². The number of aliphatic hydroxyl groups is 6. The molecule has 0 radical (unpaired) electrons. The lowest BCUT2D eigenvalue weighted by molar-refractivity contribution is -0.276. The van der Waals surface area contributed by atoms with Crippen molar-refractivity contribution >= 4 is 0 Å². The van der Waals surface area contributed by atoms with Crippen molar-refractivity contribution in [3.05, 3.63) is 0 Å². The van der Waals surface area contributed by atoms with E-state index in [-0.39, 0.29) is 80.5 Å². The van der Waals surface area contributed by atoms with Crippen molar-refractivity contribution in [1.82, 2.24) is 0 Å². The van der Waals surface area contributed by atoms with Crippen LogP contribution < -0.4 is 0 Å². The van der Waals surface area contributed by atoms with Gasteiger partial charge in [0.2, 0.25) is 0 Å². The molecule has 0 bridgehead atoms. The number of hydrogen-bond donors (Lipinski definition) is 6. The molecule has 0 amide bonds. The Morgan fingerprint density at radius 2 is 0.800 bits per heavy atom. The third kappa shape index (κ3) is 57.8. The summed E-state index contributed by atoms with van der Waals surface area (Å²) in [4.78, 5) is 0. The van der Waals surface area contributed by atoms with Crippen LogP contribution >= 0.6 is 0 Å². The first-order valence-electron chi connectivity index (χ1n) is 28.6. The second kappa shape index (κ2) is 51.5. The molecular formula is C59H128O16. The molecule has 75 heavy (non-hydrogen) atoms. The Morgan fingerprint density at radius 3 is 0.987 bits per heavy atom. The van der Waals surface area contributed by atoms with E-state index in [4.69, 9.17) is 72.9 Å². The second-order valence-corrected chi connectivity index (χ2v) is 23.3. The largest absolute Gasteiger partial charge is 0.394 e. The van der Waals surface area contributed by atoms with Crippen LogP contribution in [0.5, 0.6) is 0 Å². The predicted octanol–water partition coefficient (Wildman–Crippen LogP) is 9.70. The Hall–Kier alpha value is -0.640. The standard InChI is InChI=1S/C11H22O2.C8H16O.C7H14O2.C7H14O.2C6H14O3.C5H12O2.C5H12O.C4H10O/c1-7(2)13-9-10(3,4)8(12)11(9,5)6;1-7(2)9-6-8-4-3-5-8;1-6(2)9-5-7-3-8-4-7;1-6(2)8-5-7-3-4-7;2*1-5(2)9-4-6(8)3-7;1-5(2)7-4-3-6;1-4-6-5(2)3;1-4(2)5-3/h7-9,12H,1-6H3;7-8H,3-6H2,1-2H3;6-7H,3-5H2,1-2H3;6-7H,3-5H2,1-2H3;2*5-8H,3-4H2,1-2H3;5-6H,3-4H2,1-2H3;5H,4H2,1-3H3;4H,1-3H3/t;;;;2*6-;;;/m....10.../s1. The molecule has 16 heteroatoms. The average Bonchev–Trinajstić information content (AvgIpc) is 4.12. The molecule has 0 aromatic carbocycles. The quantitative estimate of drug-likeness (QED) is 0.0502. The van der Waals surface area contributed by atoms with E-state index in [0.717, 1.165) is 51.5 Å². The second-order valence-electron chi connectivity index (χ2n) is 23.3.